The molecule has 0 unspecified atom stereocenters. The van der Waals surface area contributed by atoms with Crippen molar-refractivity contribution in [2.45, 2.75) is 0 Å². The molecule has 6 nitrogen and oxygen atoms in total. The molecule has 0 bridgehead atoms. The molecule has 1 aromatic heterocycles. The van der Waals surface area contributed by atoms with Crippen molar-refractivity contribution in [2.75, 3.05) is 0 Å². The van der Waals surface area contributed by atoms with Crippen molar-refractivity contribution in [2.24, 2.45) is 0 Å². The van der Waals surface area contributed by atoms with Crippen LogP contribution in [-0.4, -0.2) is 27.0 Å². The number of amidine groups is 1. The highest BCUT2D eigenvalue weighted by molar-refractivity contribution is 6.30. The molecular formula is C12H10ClN4O2+. The van der Waals surface area contributed by atoms with Crippen molar-refractivity contribution in [3.63, 3.8) is 0 Å². The molecule has 0 saturated carbocycles. The lowest BCUT2D eigenvalue weighted by molar-refractivity contribution is 0.200. The molecule has 2 aromatic rings. The summed E-state index contributed by atoms with van der Waals surface area (Å²) in [5.74, 6) is -0.245. The number of aromatic nitrogens is 2. The lowest BCUT2D eigenvalue weighted by Crippen LogP contribution is -2.29. The number of carbonyl (C=O) groups is 1. The first kappa shape index (κ1) is 13.0. The smallest absolute Gasteiger partial charge is 0.547 e. The van der Waals surface area contributed by atoms with Crippen LogP contribution >= 0.6 is 11.6 Å². The Morgan fingerprint density at radius 3 is 2.79 bits per heavy atom. The zero-order valence-electron chi connectivity index (χ0n) is 9.64. The molecule has 0 radical (unpaired) electrons. The molecule has 1 amide bonds. The number of halogens is 1. The number of hydrogen-bond donors (Lipinski definition) is 2. The quantitative estimate of drug-likeness (QED) is 0.495. The minimum absolute atomic E-state index is 0.227. The van der Waals surface area contributed by atoms with E-state index >= 15 is 0 Å². The normalized spacial score (nSPS) is 9.95. The van der Waals surface area contributed by atoms with E-state index in [2.05, 4.69) is 9.97 Å². The molecule has 0 fully saturated rings. The second-order valence-electron chi connectivity index (χ2n) is 3.63. The van der Waals surface area contributed by atoms with E-state index < -0.39 is 6.09 Å². The second kappa shape index (κ2) is 5.45. The van der Waals surface area contributed by atoms with Gasteiger partial charge in [-0.3, -0.25) is 5.41 Å². The van der Waals surface area contributed by atoms with Crippen LogP contribution in [0.4, 0.5) is 4.79 Å². The van der Waals surface area contributed by atoms with Gasteiger partial charge in [-0.2, -0.15) is 0 Å². The second-order valence-corrected chi connectivity index (χ2v) is 4.06. The Morgan fingerprint density at radius 1 is 1.32 bits per heavy atom. The van der Waals surface area contributed by atoms with E-state index in [0.29, 0.717) is 10.7 Å². The van der Waals surface area contributed by atoms with Crippen molar-refractivity contribution in [1.29, 1.82) is 5.41 Å². The maximum absolute atomic E-state index is 10.6. The van der Waals surface area contributed by atoms with E-state index in [1.54, 1.807) is 24.3 Å². The Kier molecular flexibility index (Phi) is 3.72. The molecule has 0 atom stereocenters. The van der Waals surface area contributed by atoms with Gasteiger partial charge in [-0.05, 0) is 18.2 Å². The maximum Gasteiger partial charge on any atom is 0.632 e. The average Bonchev–Trinajstić information content (AvgIpc) is 2.38. The van der Waals surface area contributed by atoms with Crippen molar-refractivity contribution in [3.8, 4) is 11.3 Å². The molecular weight excluding hydrogens is 268 g/mol. The van der Waals surface area contributed by atoms with E-state index in [1.807, 2.05) is 11.4 Å². The number of rotatable bonds is 2. The van der Waals surface area contributed by atoms with E-state index in [9.17, 15) is 4.79 Å². The molecule has 0 aliphatic carbocycles. The SMILES string of the molecule is N=C(NC(=O)[OH2+])c1cc(-c2cccc(Cl)c2)ncn1. The summed E-state index contributed by atoms with van der Waals surface area (Å²) in [5, 5.41) is 17.0. The number of amides is 1. The van der Waals surface area contributed by atoms with Gasteiger partial charge >= 0.3 is 6.09 Å². The molecule has 1 aromatic carbocycles. The summed E-state index contributed by atoms with van der Waals surface area (Å²) in [6, 6.07) is 8.64. The average molecular weight is 278 g/mol. The van der Waals surface area contributed by atoms with Crippen molar-refractivity contribution in [3.05, 3.63) is 47.4 Å². The highest BCUT2D eigenvalue weighted by atomic mass is 35.5. The molecule has 0 aliphatic rings. The first-order chi connectivity index (χ1) is 9.06. The monoisotopic (exact) mass is 277 g/mol. The van der Waals surface area contributed by atoms with Crippen LogP contribution in [0.5, 0.6) is 0 Å². The Balaban J connectivity index is 2.34. The zero-order chi connectivity index (χ0) is 13.8. The highest BCUT2D eigenvalue weighted by Crippen LogP contribution is 2.20. The molecule has 1 heterocycles. The predicted octanol–water partition coefficient (Wildman–Crippen LogP) is 1.56. The van der Waals surface area contributed by atoms with E-state index in [4.69, 9.17) is 22.1 Å². The van der Waals surface area contributed by atoms with Gasteiger partial charge in [0.05, 0.1) is 10.5 Å². The van der Waals surface area contributed by atoms with Crippen LogP contribution < -0.4 is 5.32 Å². The fraction of sp³-hybridized carbons (Fsp3) is 0. The van der Waals surface area contributed by atoms with E-state index in [0.717, 1.165) is 5.56 Å². The summed E-state index contributed by atoms with van der Waals surface area (Å²) in [6.45, 7) is 0. The zero-order valence-corrected chi connectivity index (χ0v) is 10.4. The summed E-state index contributed by atoms with van der Waals surface area (Å²) < 4.78 is 0. The fourth-order valence-corrected chi connectivity index (χ4v) is 1.67. The molecule has 0 spiro atoms. The topological polar surface area (TPSA) is 102 Å². The Morgan fingerprint density at radius 2 is 2.11 bits per heavy atom. The van der Waals surface area contributed by atoms with Crippen LogP contribution in [0, 0.1) is 5.41 Å². The van der Waals surface area contributed by atoms with Crippen LogP contribution in [0.15, 0.2) is 36.7 Å². The van der Waals surface area contributed by atoms with E-state index in [1.165, 1.54) is 6.33 Å². The Labute approximate surface area is 113 Å². The largest absolute Gasteiger partial charge is 0.632 e. The molecule has 0 aliphatic heterocycles. The lowest BCUT2D eigenvalue weighted by atomic mass is 10.1. The van der Waals surface area contributed by atoms with Crippen molar-refractivity contribution in [1.82, 2.24) is 15.3 Å². The molecule has 0 saturated heterocycles. The molecule has 2 rings (SSSR count). The van der Waals surface area contributed by atoms with Crippen LogP contribution in [-0.2, 0) is 0 Å². The third-order valence-corrected chi connectivity index (χ3v) is 2.52. The summed E-state index contributed by atoms with van der Waals surface area (Å²) in [7, 11) is 0. The van der Waals surface area contributed by atoms with Gasteiger partial charge in [-0.1, -0.05) is 23.7 Å². The van der Waals surface area contributed by atoms with Crippen LogP contribution in [0.2, 0.25) is 5.02 Å². The molecule has 7 heteroatoms. The van der Waals surface area contributed by atoms with Crippen molar-refractivity contribution < 1.29 is 9.90 Å². The Bertz CT molecular complexity index is 645. The Hall–Kier alpha value is -2.47. The molecule has 96 valence electrons. The first-order valence-electron chi connectivity index (χ1n) is 5.26. The number of nitrogens with zero attached hydrogens (tertiary/aromatic N) is 2. The predicted molar refractivity (Wildman–Crippen MR) is 71.5 cm³/mol. The van der Waals surface area contributed by atoms with Gasteiger partial charge in [-0.25, -0.2) is 15.3 Å². The number of carbonyl (C=O) groups excluding carboxylic acids is 1. The highest BCUT2D eigenvalue weighted by Gasteiger charge is 2.12. The molecule has 19 heavy (non-hydrogen) atoms. The minimum atomic E-state index is -1.06. The van der Waals surface area contributed by atoms with Gasteiger partial charge in [0.1, 0.15) is 12.0 Å². The van der Waals surface area contributed by atoms with Gasteiger partial charge in [0.2, 0.25) is 0 Å². The third-order valence-electron chi connectivity index (χ3n) is 2.28. The number of hydrogen-bond acceptors (Lipinski definition) is 4. The minimum Gasteiger partial charge on any atom is -0.547 e. The summed E-state index contributed by atoms with van der Waals surface area (Å²) in [6.07, 6.45) is 0.226. The van der Waals surface area contributed by atoms with Crippen LogP contribution in [0.25, 0.3) is 11.3 Å². The first-order valence-corrected chi connectivity index (χ1v) is 5.63. The molecule has 4 N–H and O–H groups in total. The lowest BCUT2D eigenvalue weighted by Gasteiger charge is -2.04. The van der Waals surface area contributed by atoms with Crippen LogP contribution in [0.1, 0.15) is 5.69 Å². The standard InChI is InChI=1S/C12H9ClN4O2/c13-8-3-1-2-7(4-8)9-5-10(16-6-15-9)11(14)17-12(18)19/h1-6H,(H2,14,17)(H,18,19)/p+1. The number of benzene rings is 1. The van der Waals surface area contributed by atoms with Gasteiger partial charge < -0.3 is 5.11 Å². The summed E-state index contributed by atoms with van der Waals surface area (Å²) in [5.41, 5.74) is 1.59. The fourth-order valence-electron chi connectivity index (χ4n) is 1.48. The van der Waals surface area contributed by atoms with Crippen molar-refractivity contribution >= 4 is 23.5 Å². The van der Waals surface area contributed by atoms with Gasteiger partial charge in [0.15, 0.2) is 5.84 Å². The van der Waals surface area contributed by atoms with Gasteiger partial charge in [-0.15, -0.1) is 0 Å². The van der Waals surface area contributed by atoms with Gasteiger partial charge in [0, 0.05) is 10.6 Å². The van der Waals surface area contributed by atoms with Gasteiger partial charge in [0.25, 0.3) is 0 Å². The number of nitrogens with one attached hydrogen (secondary N) is 2. The summed E-state index contributed by atoms with van der Waals surface area (Å²) in [4.78, 5) is 18.5. The third kappa shape index (κ3) is 3.26. The van der Waals surface area contributed by atoms with E-state index in [-0.39, 0.29) is 11.5 Å². The van der Waals surface area contributed by atoms with Crippen LogP contribution in [0.3, 0.4) is 0 Å². The maximum atomic E-state index is 10.6. The summed E-state index contributed by atoms with van der Waals surface area (Å²) >= 11 is 5.90.